The Hall–Kier alpha value is -3.33. The van der Waals surface area contributed by atoms with E-state index >= 15 is 0 Å². The lowest BCUT2D eigenvalue weighted by atomic mass is 10.3. The lowest BCUT2D eigenvalue weighted by Crippen LogP contribution is -2.16. The first-order valence-corrected chi connectivity index (χ1v) is 9.44. The minimum Gasteiger partial charge on any atom is -0.456 e. The molecule has 0 bridgehead atoms. The Morgan fingerprint density at radius 3 is 2.68 bits per heavy atom. The van der Waals surface area contributed by atoms with Gasteiger partial charge in [-0.25, -0.2) is 19.4 Å². The molecule has 4 heterocycles. The molecule has 9 heteroatoms. The van der Waals surface area contributed by atoms with Gasteiger partial charge in [0.15, 0.2) is 10.8 Å². The maximum atomic E-state index is 12.3. The molecule has 4 aromatic rings. The first-order valence-electron chi connectivity index (χ1n) is 8.56. The van der Waals surface area contributed by atoms with Crippen LogP contribution in [-0.4, -0.2) is 30.1 Å². The predicted octanol–water partition coefficient (Wildman–Crippen LogP) is 2.62. The zero-order valence-corrected chi connectivity index (χ0v) is 16.4. The second-order valence-electron chi connectivity index (χ2n) is 6.40. The number of thiazole rings is 1. The highest BCUT2D eigenvalue weighted by atomic mass is 32.1. The Kier molecular flexibility index (Phi) is 4.52. The summed E-state index contributed by atoms with van der Waals surface area (Å²) in [4.78, 5) is 33.7. The third kappa shape index (κ3) is 3.31. The van der Waals surface area contributed by atoms with Crippen molar-refractivity contribution in [2.24, 2.45) is 0 Å². The van der Waals surface area contributed by atoms with Gasteiger partial charge in [-0.2, -0.15) is 5.10 Å². The van der Waals surface area contributed by atoms with Gasteiger partial charge in [0.25, 0.3) is 5.56 Å². The second kappa shape index (κ2) is 7.01. The average Bonchev–Trinajstić information content (AvgIpc) is 3.21. The molecular formula is C19H17N5O3S. The van der Waals surface area contributed by atoms with Crippen LogP contribution in [0.25, 0.3) is 10.8 Å². The molecule has 28 heavy (non-hydrogen) atoms. The zero-order valence-electron chi connectivity index (χ0n) is 15.5. The van der Waals surface area contributed by atoms with Gasteiger partial charge in [-0.05, 0) is 39.0 Å². The number of carbonyl (C=O) groups excluding carboxylic acids is 1. The molecule has 0 aliphatic rings. The number of hydrogen-bond donors (Lipinski definition) is 0. The summed E-state index contributed by atoms with van der Waals surface area (Å²) in [6, 6.07) is 6.67. The first-order chi connectivity index (χ1) is 13.4. The Morgan fingerprint density at radius 1 is 1.18 bits per heavy atom. The number of hydrogen-bond acceptors (Lipinski definition) is 7. The fraction of sp³-hybridized carbons (Fsp3) is 0.211. The van der Waals surface area contributed by atoms with Gasteiger partial charge in [-0.3, -0.25) is 9.20 Å². The Morgan fingerprint density at radius 2 is 2.00 bits per heavy atom. The highest BCUT2D eigenvalue weighted by Crippen LogP contribution is 2.13. The maximum absolute atomic E-state index is 12.3. The van der Waals surface area contributed by atoms with Crippen molar-refractivity contribution < 1.29 is 9.53 Å². The number of aryl methyl sites for hydroxylation is 3. The SMILES string of the molecule is Cc1cc(C)n(-c2ccc(C(=O)OCc3cc(=O)n4c(C)csc4n3)cn2)n1. The Bertz CT molecular complexity index is 1240. The van der Waals surface area contributed by atoms with Gasteiger partial charge in [0.05, 0.1) is 17.0 Å². The van der Waals surface area contributed by atoms with E-state index in [1.165, 1.54) is 28.0 Å². The molecule has 4 aromatic heterocycles. The van der Waals surface area contributed by atoms with Crippen LogP contribution < -0.4 is 5.56 Å². The molecule has 0 saturated heterocycles. The number of ether oxygens (including phenoxy) is 1. The molecule has 4 rings (SSSR count). The molecule has 0 spiro atoms. The van der Waals surface area contributed by atoms with Crippen molar-refractivity contribution in [2.45, 2.75) is 27.4 Å². The molecule has 0 atom stereocenters. The topological polar surface area (TPSA) is 91.4 Å². The van der Waals surface area contributed by atoms with E-state index in [0.29, 0.717) is 22.0 Å². The zero-order chi connectivity index (χ0) is 19.8. The van der Waals surface area contributed by atoms with Crippen LogP contribution >= 0.6 is 11.3 Å². The van der Waals surface area contributed by atoms with E-state index in [0.717, 1.165) is 17.1 Å². The molecule has 0 saturated carbocycles. The number of nitrogens with zero attached hydrogens (tertiary/aromatic N) is 5. The molecule has 0 amide bonds. The number of esters is 1. The van der Waals surface area contributed by atoms with Crippen molar-refractivity contribution in [2.75, 3.05) is 0 Å². The Balaban J connectivity index is 1.48. The van der Waals surface area contributed by atoms with Crippen LogP contribution in [0.15, 0.2) is 40.6 Å². The summed E-state index contributed by atoms with van der Waals surface area (Å²) >= 11 is 1.37. The van der Waals surface area contributed by atoms with Gasteiger partial charge in [0.2, 0.25) is 0 Å². The summed E-state index contributed by atoms with van der Waals surface area (Å²) < 4.78 is 8.52. The number of fused-ring (bicyclic) bond motifs is 1. The molecule has 0 aliphatic heterocycles. The third-order valence-corrected chi connectivity index (χ3v) is 5.13. The second-order valence-corrected chi connectivity index (χ2v) is 7.24. The quantitative estimate of drug-likeness (QED) is 0.493. The van der Waals surface area contributed by atoms with Crippen LogP contribution in [0.2, 0.25) is 0 Å². The van der Waals surface area contributed by atoms with Crippen molar-refractivity contribution >= 4 is 22.3 Å². The highest BCUT2D eigenvalue weighted by molar-refractivity contribution is 7.15. The fourth-order valence-corrected chi connectivity index (χ4v) is 3.78. The van der Waals surface area contributed by atoms with E-state index in [2.05, 4.69) is 15.1 Å². The Labute approximate surface area is 164 Å². The van der Waals surface area contributed by atoms with Crippen LogP contribution in [0.5, 0.6) is 0 Å². The monoisotopic (exact) mass is 395 g/mol. The van der Waals surface area contributed by atoms with Crippen LogP contribution in [-0.2, 0) is 11.3 Å². The van der Waals surface area contributed by atoms with Gasteiger partial charge in [0.1, 0.15) is 6.61 Å². The molecule has 8 nitrogen and oxygen atoms in total. The summed E-state index contributed by atoms with van der Waals surface area (Å²) in [5.74, 6) is 0.0899. The number of rotatable bonds is 4. The summed E-state index contributed by atoms with van der Waals surface area (Å²) in [6.07, 6.45) is 1.45. The molecule has 0 N–H and O–H groups in total. The van der Waals surface area contributed by atoms with E-state index < -0.39 is 5.97 Å². The molecule has 0 fully saturated rings. The van der Waals surface area contributed by atoms with Crippen molar-refractivity contribution in [1.82, 2.24) is 24.1 Å². The molecule has 0 unspecified atom stereocenters. The number of pyridine rings is 1. The molecular weight excluding hydrogens is 378 g/mol. The molecule has 0 aliphatic carbocycles. The van der Waals surface area contributed by atoms with Gasteiger partial charge in [-0.1, -0.05) is 0 Å². The van der Waals surface area contributed by atoms with Gasteiger partial charge in [0, 0.05) is 29.0 Å². The van der Waals surface area contributed by atoms with Crippen molar-refractivity contribution in [3.05, 3.63) is 74.5 Å². The summed E-state index contributed by atoms with van der Waals surface area (Å²) in [7, 11) is 0. The first kappa shape index (κ1) is 18.1. The number of aromatic nitrogens is 5. The predicted molar refractivity (Wildman–Crippen MR) is 104 cm³/mol. The summed E-state index contributed by atoms with van der Waals surface area (Å²) in [5.41, 5.74) is 3.21. The van der Waals surface area contributed by atoms with E-state index in [-0.39, 0.29) is 12.2 Å². The van der Waals surface area contributed by atoms with E-state index in [9.17, 15) is 9.59 Å². The van der Waals surface area contributed by atoms with Crippen molar-refractivity contribution in [3.8, 4) is 5.82 Å². The maximum Gasteiger partial charge on any atom is 0.340 e. The van der Waals surface area contributed by atoms with Crippen LogP contribution in [0.1, 0.15) is 33.1 Å². The van der Waals surface area contributed by atoms with Crippen molar-refractivity contribution in [3.63, 3.8) is 0 Å². The lowest BCUT2D eigenvalue weighted by Gasteiger charge is -2.06. The number of carbonyl (C=O) groups is 1. The lowest BCUT2D eigenvalue weighted by molar-refractivity contribution is 0.0467. The van der Waals surface area contributed by atoms with Gasteiger partial charge in [-0.15, -0.1) is 11.3 Å². The van der Waals surface area contributed by atoms with Crippen LogP contribution in [0.4, 0.5) is 0 Å². The van der Waals surface area contributed by atoms with Crippen LogP contribution in [0, 0.1) is 20.8 Å². The fourth-order valence-electron chi connectivity index (χ4n) is 2.89. The standard InChI is InChI=1S/C19H17N5O3S/c1-11-6-12(2)24(22-11)16-5-4-14(8-20-16)18(26)27-9-15-7-17(25)23-13(3)10-28-19(23)21-15/h4-8,10H,9H2,1-3H3. The van der Waals surface area contributed by atoms with E-state index in [1.54, 1.807) is 16.8 Å². The minimum atomic E-state index is -0.531. The summed E-state index contributed by atoms with van der Waals surface area (Å²) in [6.45, 7) is 5.60. The van der Waals surface area contributed by atoms with Gasteiger partial charge >= 0.3 is 5.97 Å². The van der Waals surface area contributed by atoms with Crippen LogP contribution in [0.3, 0.4) is 0 Å². The van der Waals surface area contributed by atoms with E-state index in [4.69, 9.17) is 4.74 Å². The minimum absolute atomic E-state index is 0.0826. The third-order valence-electron chi connectivity index (χ3n) is 4.19. The molecule has 0 aromatic carbocycles. The smallest absolute Gasteiger partial charge is 0.340 e. The average molecular weight is 395 g/mol. The van der Waals surface area contributed by atoms with E-state index in [1.807, 2.05) is 32.2 Å². The molecule has 142 valence electrons. The molecule has 0 radical (unpaired) electrons. The van der Waals surface area contributed by atoms with Crippen molar-refractivity contribution in [1.29, 1.82) is 0 Å². The largest absolute Gasteiger partial charge is 0.456 e. The summed E-state index contributed by atoms with van der Waals surface area (Å²) in [5, 5.41) is 6.22. The van der Waals surface area contributed by atoms with Gasteiger partial charge < -0.3 is 4.74 Å². The normalized spacial score (nSPS) is 11.1. The highest BCUT2D eigenvalue weighted by Gasteiger charge is 2.12.